The van der Waals surface area contributed by atoms with Gasteiger partial charge in [-0.2, -0.15) is 0 Å². The first-order valence-electron chi connectivity index (χ1n) is 9.20. The molecule has 0 aromatic carbocycles. The van der Waals surface area contributed by atoms with Crippen molar-refractivity contribution in [2.24, 2.45) is 5.41 Å². The van der Waals surface area contributed by atoms with Crippen molar-refractivity contribution in [1.29, 1.82) is 0 Å². The van der Waals surface area contributed by atoms with Crippen LogP contribution in [0.4, 0.5) is 0 Å². The summed E-state index contributed by atoms with van der Waals surface area (Å²) in [4.78, 5) is 16.7. The van der Waals surface area contributed by atoms with E-state index in [-0.39, 0.29) is 11.3 Å². The molecule has 2 aliphatic rings. The lowest BCUT2D eigenvalue weighted by Gasteiger charge is -2.52. The molecular formula is C18H28ClN3O4. The summed E-state index contributed by atoms with van der Waals surface area (Å²) in [6.07, 6.45) is 1.41. The third-order valence-electron chi connectivity index (χ3n) is 5.70. The Bertz CT molecular complexity index is 630. The number of aryl methyl sites for hydroxylation is 1. The van der Waals surface area contributed by atoms with Crippen LogP contribution in [-0.2, 0) is 16.0 Å². The number of halogens is 1. The van der Waals surface area contributed by atoms with Gasteiger partial charge < -0.3 is 19.3 Å². The molecule has 1 aromatic rings. The lowest BCUT2D eigenvalue weighted by molar-refractivity contribution is -0.157. The van der Waals surface area contributed by atoms with E-state index in [1.165, 1.54) is 0 Å². The zero-order valence-corrected chi connectivity index (χ0v) is 16.3. The zero-order valence-electron chi connectivity index (χ0n) is 15.5. The SMILES string of the molecule is CC1(C)CN(C(=O)CCc2cc(Cl)no2)CC[C@]1(O)CN1CCOCC1. The second-order valence-electron chi connectivity index (χ2n) is 7.99. The van der Waals surface area contributed by atoms with Gasteiger partial charge in [0, 0.05) is 57.0 Å². The molecule has 0 bridgehead atoms. The molecule has 0 aliphatic carbocycles. The largest absolute Gasteiger partial charge is 0.388 e. The van der Waals surface area contributed by atoms with E-state index in [2.05, 4.69) is 10.1 Å². The van der Waals surface area contributed by atoms with E-state index in [9.17, 15) is 9.90 Å². The molecule has 2 fully saturated rings. The average Bonchev–Trinajstić information content (AvgIpc) is 3.01. The quantitative estimate of drug-likeness (QED) is 0.829. The number of aliphatic hydroxyl groups is 1. The summed E-state index contributed by atoms with van der Waals surface area (Å²) in [5.41, 5.74) is -1.19. The topological polar surface area (TPSA) is 79.0 Å². The second-order valence-corrected chi connectivity index (χ2v) is 8.37. The van der Waals surface area contributed by atoms with E-state index in [1.54, 1.807) is 6.07 Å². The van der Waals surface area contributed by atoms with Crippen molar-refractivity contribution in [3.8, 4) is 0 Å². The van der Waals surface area contributed by atoms with Crippen molar-refractivity contribution in [2.75, 3.05) is 45.9 Å². The normalized spacial score (nSPS) is 26.8. The van der Waals surface area contributed by atoms with Crippen LogP contribution in [0, 0.1) is 5.41 Å². The van der Waals surface area contributed by atoms with Gasteiger partial charge in [-0.1, -0.05) is 30.6 Å². The monoisotopic (exact) mass is 385 g/mol. The van der Waals surface area contributed by atoms with Gasteiger partial charge in [0.25, 0.3) is 0 Å². The Kier molecular flexibility index (Phi) is 5.91. The molecule has 26 heavy (non-hydrogen) atoms. The first-order chi connectivity index (χ1) is 12.3. The summed E-state index contributed by atoms with van der Waals surface area (Å²) in [7, 11) is 0. The number of likely N-dealkylation sites (tertiary alicyclic amines) is 1. The Morgan fingerprint density at radius 2 is 2.08 bits per heavy atom. The first kappa shape index (κ1) is 19.6. The maximum atomic E-state index is 12.6. The minimum Gasteiger partial charge on any atom is -0.388 e. The number of β-amino-alcohol motifs (C(OH)–C–C–N with tert-alkyl or cyclic N) is 1. The highest BCUT2D eigenvalue weighted by atomic mass is 35.5. The fourth-order valence-electron chi connectivity index (χ4n) is 3.79. The Balaban J connectivity index is 1.55. The molecule has 146 valence electrons. The number of carbonyl (C=O) groups is 1. The minimum absolute atomic E-state index is 0.0685. The van der Waals surface area contributed by atoms with Crippen LogP contribution in [0.2, 0.25) is 5.15 Å². The third kappa shape index (κ3) is 4.39. The van der Waals surface area contributed by atoms with Crippen molar-refractivity contribution in [1.82, 2.24) is 15.0 Å². The molecule has 0 saturated carbocycles. The van der Waals surface area contributed by atoms with Gasteiger partial charge in [-0.15, -0.1) is 0 Å². The van der Waals surface area contributed by atoms with Gasteiger partial charge >= 0.3 is 0 Å². The number of rotatable bonds is 5. The summed E-state index contributed by atoms with van der Waals surface area (Å²) in [5, 5.41) is 15.2. The van der Waals surface area contributed by atoms with Crippen LogP contribution in [0.3, 0.4) is 0 Å². The smallest absolute Gasteiger partial charge is 0.223 e. The molecule has 1 atom stereocenters. The molecule has 0 unspecified atom stereocenters. The lowest BCUT2D eigenvalue weighted by Crippen LogP contribution is -2.63. The molecule has 1 aromatic heterocycles. The van der Waals surface area contributed by atoms with Crippen LogP contribution in [0.5, 0.6) is 0 Å². The maximum absolute atomic E-state index is 12.6. The molecular weight excluding hydrogens is 358 g/mol. The minimum atomic E-state index is -0.806. The van der Waals surface area contributed by atoms with E-state index < -0.39 is 5.60 Å². The highest BCUT2D eigenvalue weighted by Gasteiger charge is 2.49. The molecule has 0 spiro atoms. The summed E-state index contributed by atoms with van der Waals surface area (Å²) in [6.45, 7) is 8.96. The standard InChI is InChI=1S/C18H28ClN3O4/c1-17(2)12-22(16(23)4-3-14-11-15(19)20-26-14)6-5-18(17,24)13-21-7-9-25-10-8-21/h11,24H,3-10,12-13H2,1-2H3/t18-/m0/s1. The number of aromatic nitrogens is 1. The number of piperidine rings is 1. The third-order valence-corrected chi connectivity index (χ3v) is 5.88. The van der Waals surface area contributed by atoms with Crippen LogP contribution < -0.4 is 0 Å². The van der Waals surface area contributed by atoms with E-state index in [0.29, 0.717) is 63.0 Å². The number of morpholine rings is 1. The van der Waals surface area contributed by atoms with Gasteiger partial charge in [-0.05, 0) is 6.42 Å². The van der Waals surface area contributed by atoms with E-state index in [0.717, 1.165) is 13.1 Å². The predicted molar refractivity (Wildman–Crippen MR) is 97.0 cm³/mol. The fourth-order valence-corrected chi connectivity index (χ4v) is 3.95. The number of amides is 1. The van der Waals surface area contributed by atoms with E-state index in [1.807, 2.05) is 18.7 Å². The Morgan fingerprint density at radius 1 is 1.35 bits per heavy atom. The molecule has 1 N–H and O–H groups in total. The zero-order chi connectivity index (χ0) is 18.8. The van der Waals surface area contributed by atoms with Gasteiger partial charge in [-0.3, -0.25) is 9.69 Å². The van der Waals surface area contributed by atoms with Crippen LogP contribution >= 0.6 is 11.6 Å². The maximum Gasteiger partial charge on any atom is 0.223 e. The number of hydrogen-bond acceptors (Lipinski definition) is 6. The van der Waals surface area contributed by atoms with Crippen molar-refractivity contribution in [3.05, 3.63) is 17.0 Å². The molecule has 2 saturated heterocycles. The second kappa shape index (κ2) is 7.84. The van der Waals surface area contributed by atoms with Crippen molar-refractivity contribution >= 4 is 17.5 Å². The summed E-state index contributed by atoms with van der Waals surface area (Å²) in [6, 6.07) is 1.63. The number of ether oxygens (including phenoxy) is 1. The van der Waals surface area contributed by atoms with Crippen molar-refractivity contribution in [3.63, 3.8) is 0 Å². The van der Waals surface area contributed by atoms with E-state index >= 15 is 0 Å². The fraction of sp³-hybridized carbons (Fsp3) is 0.778. The number of carbonyl (C=O) groups excluding carboxylic acids is 1. The molecule has 2 aliphatic heterocycles. The van der Waals surface area contributed by atoms with Gasteiger partial charge in [0.2, 0.25) is 5.91 Å². The Labute approximate surface area is 159 Å². The van der Waals surface area contributed by atoms with Crippen molar-refractivity contribution in [2.45, 2.75) is 38.7 Å². The van der Waals surface area contributed by atoms with E-state index in [4.69, 9.17) is 20.9 Å². The van der Waals surface area contributed by atoms with Gasteiger partial charge in [0.15, 0.2) is 5.15 Å². The van der Waals surface area contributed by atoms with Crippen LogP contribution in [0.15, 0.2) is 10.6 Å². The molecule has 0 radical (unpaired) electrons. The number of nitrogens with zero attached hydrogens (tertiary/aromatic N) is 3. The molecule has 8 heteroatoms. The summed E-state index contributed by atoms with van der Waals surface area (Å²) >= 11 is 5.73. The predicted octanol–water partition coefficient (Wildman–Crippen LogP) is 1.58. The molecule has 7 nitrogen and oxygen atoms in total. The number of hydrogen-bond donors (Lipinski definition) is 1. The lowest BCUT2D eigenvalue weighted by atomic mass is 9.69. The average molecular weight is 386 g/mol. The van der Waals surface area contributed by atoms with Crippen LogP contribution in [-0.4, -0.2) is 77.5 Å². The van der Waals surface area contributed by atoms with Gasteiger partial charge in [0.05, 0.1) is 18.8 Å². The first-order valence-corrected chi connectivity index (χ1v) is 9.58. The Morgan fingerprint density at radius 3 is 2.69 bits per heavy atom. The summed E-state index contributed by atoms with van der Waals surface area (Å²) < 4.78 is 10.4. The highest BCUT2D eigenvalue weighted by molar-refractivity contribution is 6.29. The van der Waals surface area contributed by atoms with Gasteiger partial charge in [-0.25, -0.2) is 0 Å². The molecule has 3 rings (SSSR count). The highest BCUT2D eigenvalue weighted by Crippen LogP contribution is 2.39. The van der Waals surface area contributed by atoms with Crippen LogP contribution in [0.1, 0.15) is 32.4 Å². The van der Waals surface area contributed by atoms with Gasteiger partial charge in [0.1, 0.15) is 5.76 Å². The Hall–Kier alpha value is -1.15. The van der Waals surface area contributed by atoms with Crippen molar-refractivity contribution < 1.29 is 19.2 Å². The molecule has 1 amide bonds. The molecule has 3 heterocycles. The summed E-state index contributed by atoms with van der Waals surface area (Å²) in [5.74, 6) is 0.683. The van der Waals surface area contributed by atoms with Crippen LogP contribution in [0.25, 0.3) is 0 Å².